The van der Waals surface area contributed by atoms with Crippen LogP contribution in [0.1, 0.15) is 15.9 Å². The lowest BCUT2D eigenvalue weighted by Crippen LogP contribution is -2.02. The normalized spacial score (nSPS) is 10.1. The number of benzene rings is 2. The summed E-state index contributed by atoms with van der Waals surface area (Å²) in [4.78, 5) is 12.2. The summed E-state index contributed by atoms with van der Waals surface area (Å²) < 4.78 is 0. The predicted octanol–water partition coefficient (Wildman–Crippen LogP) is 2.70. The number of phenols is 3. The van der Waals surface area contributed by atoms with Gasteiger partial charge in [0.1, 0.15) is 5.75 Å². The van der Waals surface area contributed by atoms with Crippen LogP contribution in [0.5, 0.6) is 17.2 Å². The Hall–Kier alpha value is -2.75. The van der Waals surface area contributed by atoms with E-state index in [0.29, 0.717) is 5.56 Å². The molecule has 0 radical (unpaired) electrons. The molecule has 0 aliphatic rings. The van der Waals surface area contributed by atoms with Gasteiger partial charge in [-0.25, -0.2) is 0 Å². The molecule has 0 heterocycles. The minimum atomic E-state index is -0.441. The molecule has 3 N–H and O–H groups in total. The van der Waals surface area contributed by atoms with Gasteiger partial charge in [0.2, 0.25) is 0 Å². The van der Waals surface area contributed by atoms with Gasteiger partial charge in [-0.3, -0.25) is 4.79 Å². The van der Waals surface area contributed by atoms with E-state index in [9.17, 15) is 20.1 Å². The standard InChI is InChI=1S/C15H12O4/c1-9(10-6-7-13(17)14(18)8-10)15(19)11-4-2-3-5-12(11)16/h2-8,16-18H,1H2. The fraction of sp³-hybridized carbons (Fsp3) is 0. The highest BCUT2D eigenvalue weighted by Crippen LogP contribution is 2.30. The predicted molar refractivity (Wildman–Crippen MR) is 71.2 cm³/mol. The van der Waals surface area contributed by atoms with E-state index in [2.05, 4.69) is 6.58 Å². The zero-order chi connectivity index (χ0) is 14.0. The number of Topliss-reactive ketones (excluding diaryl/α,β-unsaturated/α-hetero) is 1. The Balaban J connectivity index is 2.37. The molecule has 19 heavy (non-hydrogen) atoms. The summed E-state index contributed by atoms with van der Waals surface area (Å²) in [6.45, 7) is 3.66. The lowest BCUT2D eigenvalue weighted by Gasteiger charge is -2.08. The van der Waals surface area contributed by atoms with Crippen LogP contribution in [0, 0.1) is 0 Å². The summed E-state index contributed by atoms with van der Waals surface area (Å²) in [5.74, 6) is -1.17. The number of hydrogen-bond acceptors (Lipinski definition) is 4. The molecule has 0 aliphatic carbocycles. The van der Waals surface area contributed by atoms with Crippen molar-refractivity contribution >= 4 is 11.4 Å². The van der Waals surface area contributed by atoms with E-state index in [4.69, 9.17) is 0 Å². The number of aromatic hydroxyl groups is 3. The van der Waals surface area contributed by atoms with Crippen LogP contribution in [0.2, 0.25) is 0 Å². The molecule has 0 atom stereocenters. The van der Waals surface area contributed by atoms with E-state index in [1.807, 2.05) is 0 Å². The van der Waals surface area contributed by atoms with Crippen LogP contribution < -0.4 is 0 Å². The topological polar surface area (TPSA) is 77.8 Å². The van der Waals surface area contributed by atoms with Gasteiger partial charge >= 0.3 is 0 Å². The summed E-state index contributed by atoms with van der Waals surface area (Å²) in [6, 6.07) is 10.1. The van der Waals surface area contributed by atoms with Gasteiger partial charge in [-0.15, -0.1) is 0 Å². The zero-order valence-corrected chi connectivity index (χ0v) is 10.00. The number of ketones is 1. The molecule has 0 saturated heterocycles. The molecule has 0 fully saturated rings. The fourth-order valence-corrected chi connectivity index (χ4v) is 1.67. The third-order valence-corrected chi connectivity index (χ3v) is 2.75. The Morgan fingerprint density at radius 1 is 0.895 bits per heavy atom. The van der Waals surface area contributed by atoms with Gasteiger partial charge < -0.3 is 15.3 Å². The number of allylic oxidation sites excluding steroid dienone is 1. The van der Waals surface area contributed by atoms with Gasteiger partial charge in [-0.1, -0.05) is 24.8 Å². The third-order valence-electron chi connectivity index (χ3n) is 2.75. The first-order valence-corrected chi connectivity index (χ1v) is 5.54. The van der Waals surface area contributed by atoms with Crippen molar-refractivity contribution in [1.82, 2.24) is 0 Å². The number of carbonyl (C=O) groups is 1. The van der Waals surface area contributed by atoms with Crippen molar-refractivity contribution in [3.63, 3.8) is 0 Å². The van der Waals surface area contributed by atoms with Crippen molar-refractivity contribution in [2.45, 2.75) is 0 Å². The summed E-state index contributed by atoms with van der Waals surface area (Å²) in [6.07, 6.45) is 0. The highest BCUT2D eigenvalue weighted by molar-refractivity contribution is 6.29. The lowest BCUT2D eigenvalue weighted by atomic mass is 9.97. The van der Waals surface area contributed by atoms with Crippen LogP contribution in [0.25, 0.3) is 5.57 Å². The maximum Gasteiger partial charge on any atom is 0.196 e. The van der Waals surface area contributed by atoms with E-state index in [0.717, 1.165) is 0 Å². The van der Waals surface area contributed by atoms with Crippen LogP contribution in [-0.4, -0.2) is 21.1 Å². The average Bonchev–Trinajstić information content (AvgIpc) is 2.41. The van der Waals surface area contributed by atoms with Crippen LogP contribution in [0.15, 0.2) is 49.0 Å². The molecule has 2 aromatic rings. The first kappa shape index (κ1) is 12.7. The van der Waals surface area contributed by atoms with Crippen molar-refractivity contribution in [1.29, 1.82) is 0 Å². The molecule has 2 aromatic carbocycles. The molecule has 4 nitrogen and oxygen atoms in total. The molecule has 4 heteroatoms. The van der Waals surface area contributed by atoms with Gasteiger partial charge in [0.25, 0.3) is 0 Å². The minimum Gasteiger partial charge on any atom is -0.507 e. The van der Waals surface area contributed by atoms with Gasteiger partial charge in [0, 0.05) is 5.57 Å². The first-order valence-electron chi connectivity index (χ1n) is 5.54. The summed E-state index contributed by atoms with van der Waals surface area (Å²) in [5, 5.41) is 28.2. The van der Waals surface area contributed by atoms with Crippen molar-refractivity contribution in [2.75, 3.05) is 0 Å². The van der Waals surface area contributed by atoms with E-state index < -0.39 is 5.78 Å². The lowest BCUT2D eigenvalue weighted by molar-refractivity contribution is 0.105. The molecule has 0 saturated carbocycles. The first-order chi connectivity index (χ1) is 9.00. The van der Waals surface area contributed by atoms with Crippen LogP contribution in [0.3, 0.4) is 0 Å². The molecular formula is C15H12O4. The van der Waals surface area contributed by atoms with Crippen molar-refractivity contribution in [3.8, 4) is 17.2 Å². The van der Waals surface area contributed by atoms with E-state index in [-0.39, 0.29) is 28.4 Å². The Bertz CT molecular complexity index is 659. The van der Waals surface area contributed by atoms with Crippen LogP contribution >= 0.6 is 0 Å². The molecule has 0 amide bonds. The van der Waals surface area contributed by atoms with Gasteiger partial charge in [-0.05, 0) is 29.8 Å². The van der Waals surface area contributed by atoms with Gasteiger partial charge in [0.05, 0.1) is 5.56 Å². The Morgan fingerprint density at radius 2 is 1.58 bits per heavy atom. The molecule has 0 aromatic heterocycles. The number of para-hydroxylation sites is 1. The smallest absolute Gasteiger partial charge is 0.196 e. The number of carbonyl (C=O) groups excluding carboxylic acids is 1. The summed E-state index contributed by atoms with van der Waals surface area (Å²) in [7, 11) is 0. The van der Waals surface area contributed by atoms with E-state index in [1.54, 1.807) is 12.1 Å². The molecule has 0 bridgehead atoms. The minimum absolute atomic E-state index is 0.122. The number of phenolic OH excluding ortho intramolecular Hbond substituents is 3. The fourth-order valence-electron chi connectivity index (χ4n) is 1.67. The van der Waals surface area contributed by atoms with Gasteiger partial charge in [-0.2, -0.15) is 0 Å². The van der Waals surface area contributed by atoms with Crippen molar-refractivity contribution in [2.24, 2.45) is 0 Å². The molecule has 96 valence electrons. The quantitative estimate of drug-likeness (QED) is 0.448. The van der Waals surface area contributed by atoms with Crippen LogP contribution in [0.4, 0.5) is 0 Å². The zero-order valence-electron chi connectivity index (χ0n) is 10.00. The number of rotatable bonds is 3. The van der Waals surface area contributed by atoms with Crippen molar-refractivity contribution < 1.29 is 20.1 Å². The Labute approximate surface area is 109 Å². The Kier molecular flexibility index (Phi) is 3.25. The molecular weight excluding hydrogens is 244 g/mol. The second kappa shape index (κ2) is 4.86. The van der Waals surface area contributed by atoms with Crippen molar-refractivity contribution in [3.05, 3.63) is 60.2 Å². The molecule has 0 unspecified atom stereocenters. The van der Waals surface area contributed by atoms with E-state index in [1.165, 1.54) is 30.3 Å². The van der Waals surface area contributed by atoms with Gasteiger partial charge in [0.15, 0.2) is 17.3 Å². The SMILES string of the molecule is C=C(C(=O)c1ccccc1O)c1ccc(O)c(O)c1. The highest BCUT2D eigenvalue weighted by Gasteiger charge is 2.16. The summed E-state index contributed by atoms with van der Waals surface area (Å²) in [5.41, 5.74) is 0.639. The molecule has 0 spiro atoms. The highest BCUT2D eigenvalue weighted by atomic mass is 16.3. The third kappa shape index (κ3) is 2.42. The maximum atomic E-state index is 12.2. The monoisotopic (exact) mass is 256 g/mol. The second-order valence-electron chi connectivity index (χ2n) is 4.03. The van der Waals surface area contributed by atoms with Crippen LogP contribution in [-0.2, 0) is 0 Å². The average molecular weight is 256 g/mol. The maximum absolute atomic E-state index is 12.2. The Morgan fingerprint density at radius 3 is 2.21 bits per heavy atom. The largest absolute Gasteiger partial charge is 0.507 e. The molecule has 0 aliphatic heterocycles. The summed E-state index contributed by atoms with van der Waals surface area (Å²) >= 11 is 0. The second-order valence-corrected chi connectivity index (χ2v) is 4.03. The molecule has 2 rings (SSSR count). The number of hydrogen-bond donors (Lipinski definition) is 3. The van der Waals surface area contributed by atoms with E-state index >= 15 is 0 Å².